The third kappa shape index (κ3) is 2.69. The monoisotopic (exact) mass is 231 g/mol. The number of benzene rings is 1. The summed E-state index contributed by atoms with van der Waals surface area (Å²) in [6, 6.07) is 7.40. The lowest BCUT2D eigenvalue weighted by atomic mass is 10.1. The van der Waals surface area contributed by atoms with Gasteiger partial charge in [-0.25, -0.2) is 0 Å². The van der Waals surface area contributed by atoms with Crippen LogP contribution in [0, 0.1) is 13.8 Å². The second-order valence-corrected chi connectivity index (χ2v) is 3.71. The van der Waals surface area contributed by atoms with Gasteiger partial charge in [-0.15, -0.1) is 10.2 Å². The molecule has 1 heterocycles. The Hall–Kier alpha value is -2.17. The highest BCUT2D eigenvalue weighted by Gasteiger charge is 2.09. The SMILES string of the molecule is Cc1nnc(CNC(=O)c2ccccc2C)o1. The minimum Gasteiger partial charge on any atom is -0.424 e. The van der Waals surface area contributed by atoms with E-state index in [1.807, 2.05) is 25.1 Å². The molecule has 0 saturated heterocycles. The van der Waals surface area contributed by atoms with Gasteiger partial charge in [0.25, 0.3) is 5.91 Å². The summed E-state index contributed by atoms with van der Waals surface area (Å²) in [7, 11) is 0. The first kappa shape index (κ1) is 11.3. The molecule has 0 atom stereocenters. The zero-order valence-corrected chi connectivity index (χ0v) is 9.73. The Kier molecular flexibility index (Phi) is 3.18. The average Bonchev–Trinajstić information content (AvgIpc) is 2.73. The first-order chi connectivity index (χ1) is 8.16. The molecule has 0 radical (unpaired) electrons. The maximum Gasteiger partial charge on any atom is 0.251 e. The van der Waals surface area contributed by atoms with Crippen LogP contribution >= 0.6 is 0 Å². The largest absolute Gasteiger partial charge is 0.424 e. The molecule has 1 aromatic carbocycles. The summed E-state index contributed by atoms with van der Waals surface area (Å²) in [4.78, 5) is 11.8. The molecule has 1 N–H and O–H groups in total. The molecule has 1 aromatic heterocycles. The van der Waals surface area contributed by atoms with Gasteiger partial charge in [-0.1, -0.05) is 18.2 Å². The number of nitrogens with zero attached hydrogens (tertiary/aromatic N) is 2. The molecule has 2 aromatic rings. The van der Waals surface area contributed by atoms with Crippen molar-refractivity contribution >= 4 is 5.91 Å². The van der Waals surface area contributed by atoms with Gasteiger partial charge >= 0.3 is 0 Å². The molecule has 0 aliphatic carbocycles. The number of amides is 1. The lowest BCUT2D eigenvalue weighted by Gasteiger charge is -2.05. The van der Waals surface area contributed by atoms with Crippen LogP contribution in [0.5, 0.6) is 0 Å². The van der Waals surface area contributed by atoms with E-state index in [1.165, 1.54) is 0 Å². The van der Waals surface area contributed by atoms with Gasteiger partial charge in [0.1, 0.15) is 0 Å². The lowest BCUT2D eigenvalue weighted by Crippen LogP contribution is -2.23. The number of carbonyl (C=O) groups is 1. The molecule has 0 aliphatic heterocycles. The van der Waals surface area contributed by atoms with Crippen LogP contribution < -0.4 is 5.32 Å². The minimum atomic E-state index is -0.140. The summed E-state index contributed by atoms with van der Waals surface area (Å²) >= 11 is 0. The molecule has 17 heavy (non-hydrogen) atoms. The van der Waals surface area contributed by atoms with Crippen LogP contribution in [0.4, 0.5) is 0 Å². The number of hydrogen-bond donors (Lipinski definition) is 1. The Morgan fingerprint density at radius 3 is 2.71 bits per heavy atom. The first-order valence-corrected chi connectivity index (χ1v) is 5.29. The van der Waals surface area contributed by atoms with Crippen molar-refractivity contribution in [3.63, 3.8) is 0 Å². The Morgan fingerprint density at radius 1 is 1.29 bits per heavy atom. The van der Waals surface area contributed by atoms with Gasteiger partial charge < -0.3 is 9.73 Å². The number of hydrogen-bond acceptors (Lipinski definition) is 4. The van der Waals surface area contributed by atoms with Gasteiger partial charge in [-0.3, -0.25) is 4.79 Å². The van der Waals surface area contributed by atoms with E-state index >= 15 is 0 Å². The third-order valence-corrected chi connectivity index (χ3v) is 2.36. The van der Waals surface area contributed by atoms with Gasteiger partial charge in [0.2, 0.25) is 11.8 Å². The van der Waals surface area contributed by atoms with Gasteiger partial charge in [0, 0.05) is 12.5 Å². The zero-order chi connectivity index (χ0) is 12.3. The topological polar surface area (TPSA) is 68.0 Å². The van der Waals surface area contributed by atoms with Crippen LogP contribution in [0.1, 0.15) is 27.7 Å². The van der Waals surface area contributed by atoms with Crippen LogP contribution in [0.25, 0.3) is 0 Å². The van der Waals surface area contributed by atoms with Gasteiger partial charge in [-0.2, -0.15) is 0 Å². The molecule has 0 spiro atoms. The second kappa shape index (κ2) is 4.78. The zero-order valence-electron chi connectivity index (χ0n) is 9.73. The number of rotatable bonds is 3. The van der Waals surface area contributed by atoms with Crippen LogP contribution in [-0.2, 0) is 6.54 Å². The lowest BCUT2D eigenvalue weighted by molar-refractivity contribution is 0.0946. The van der Waals surface area contributed by atoms with Gasteiger partial charge in [0.15, 0.2) is 0 Å². The molecular formula is C12H13N3O2. The van der Waals surface area contributed by atoms with Crippen molar-refractivity contribution in [2.24, 2.45) is 0 Å². The molecule has 0 saturated carbocycles. The molecule has 5 nitrogen and oxygen atoms in total. The second-order valence-electron chi connectivity index (χ2n) is 3.71. The molecule has 0 unspecified atom stereocenters. The van der Waals surface area contributed by atoms with E-state index in [0.29, 0.717) is 17.3 Å². The van der Waals surface area contributed by atoms with Gasteiger partial charge in [-0.05, 0) is 18.6 Å². The van der Waals surface area contributed by atoms with E-state index in [1.54, 1.807) is 13.0 Å². The van der Waals surface area contributed by atoms with Crippen LogP contribution in [0.3, 0.4) is 0 Å². The molecule has 0 bridgehead atoms. The number of carbonyl (C=O) groups excluding carboxylic acids is 1. The molecule has 2 rings (SSSR count). The molecule has 0 fully saturated rings. The molecule has 1 amide bonds. The minimum absolute atomic E-state index is 0.140. The Bertz CT molecular complexity index is 534. The summed E-state index contributed by atoms with van der Waals surface area (Å²) in [6.07, 6.45) is 0. The maximum absolute atomic E-state index is 11.8. The summed E-state index contributed by atoms with van der Waals surface area (Å²) in [6.45, 7) is 3.85. The summed E-state index contributed by atoms with van der Waals surface area (Å²) in [5.74, 6) is 0.758. The Labute approximate surface area is 98.9 Å². The smallest absolute Gasteiger partial charge is 0.251 e. The summed E-state index contributed by atoms with van der Waals surface area (Å²) in [5, 5.41) is 10.2. The third-order valence-electron chi connectivity index (χ3n) is 2.36. The normalized spacial score (nSPS) is 10.2. The number of nitrogens with one attached hydrogen (secondary N) is 1. The predicted molar refractivity (Wildman–Crippen MR) is 61.4 cm³/mol. The quantitative estimate of drug-likeness (QED) is 0.871. The maximum atomic E-state index is 11.8. The standard InChI is InChI=1S/C12H13N3O2/c1-8-5-3-4-6-10(8)12(16)13-7-11-15-14-9(2)17-11/h3-6H,7H2,1-2H3,(H,13,16). The average molecular weight is 231 g/mol. The van der Waals surface area contributed by atoms with Crippen LogP contribution in [0.2, 0.25) is 0 Å². The number of aryl methyl sites for hydroxylation is 2. The molecule has 5 heteroatoms. The van der Waals surface area contributed by atoms with Crippen molar-refractivity contribution in [1.29, 1.82) is 0 Å². The van der Waals surface area contributed by atoms with Crippen molar-refractivity contribution in [3.8, 4) is 0 Å². The fourth-order valence-electron chi connectivity index (χ4n) is 1.49. The fourth-order valence-corrected chi connectivity index (χ4v) is 1.49. The molecular weight excluding hydrogens is 218 g/mol. The van der Waals surface area contributed by atoms with E-state index < -0.39 is 0 Å². The Morgan fingerprint density at radius 2 is 2.06 bits per heavy atom. The molecule has 0 aliphatic rings. The van der Waals surface area contributed by atoms with E-state index in [-0.39, 0.29) is 12.5 Å². The number of aromatic nitrogens is 2. The highest BCUT2D eigenvalue weighted by atomic mass is 16.4. The van der Waals surface area contributed by atoms with E-state index in [0.717, 1.165) is 5.56 Å². The molecule has 88 valence electrons. The van der Waals surface area contributed by atoms with Crippen LogP contribution in [-0.4, -0.2) is 16.1 Å². The first-order valence-electron chi connectivity index (χ1n) is 5.29. The summed E-state index contributed by atoms with van der Waals surface area (Å²) < 4.78 is 5.16. The summed E-state index contributed by atoms with van der Waals surface area (Å²) in [5.41, 5.74) is 1.59. The Balaban J connectivity index is 2.01. The van der Waals surface area contributed by atoms with Gasteiger partial charge in [0.05, 0.1) is 6.54 Å². The van der Waals surface area contributed by atoms with Crippen LogP contribution in [0.15, 0.2) is 28.7 Å². The van der Waals surface area contributed by atoms with E-state index in [9.17, 15) is 4.79 Å². The predicted octanol–water partition coefficient (Wildman–Crippen LogP) is 1.62. The van der Waals surface area contributed by atoms with Crippen molar-refractivity contribution in [3.05, 3.63) is 47.2 Å². The highest BCUT2D eigenvalue weighted by Crippen LogP contribution is 2.07. The van der Waals surface area contributed by atoms with Crippen molar-refractivity contribution < 1.29 is 9.21 Å². The van der Waals surface area contributed by atoms with Crippen molar-refractivity contribution in [2.45, 2.75) is 20.4 Å². The van der Waals surface area contributed by atoms with Crippen molar-refractivity contribution in [2.75, 3.05) is 0 Å². The van der Waals surface area contributed by atoms with E-state index in [4.69, 9.17) is 4.42 Å². The fraction of sp³-hybridized carbons (Fsp3) is 0.250. The van der Waals surface area contributed by atoms with Crippen molar-refractivity contribution in [1.82, 2.24) is 15.5 Å². The van der Waals surface area contributed by atoms with E-state index in [2.05, 4.69) is 15.5 Å². The highest BCUT2D eigenvalue weighted by molar-refractivity contribution is 5.95.